The van der Waals surface area contributed by atoms with Crippen LogP contribution in [0.4, 0.5) is 5.69 Å². The molecule has 0 fully saturated rings. The lowest BCUT2D eigenvalue weighted by atomic mass is 10.1. The molecule has 4 rings (SSSR count). The number of anilines is 1. The number of nitrogens with zero attached hydrogens (tertiary/aromatic N) is 4. The average Bonchev–Trinajstić information content (AvgIpc) is 3.22. The zero-order valence-electron chi connectivity index (χ0n) is 14.4. The fourth-order valence-electron chi connectivity index (χ4n) is 2.53. The van der Waals surface area contributed by atoms with Crippen LogP contribution in [0.1, 0.15) is 18.9 Å². The van der Waals surface area contributed by atoms with E-state index in [1.54, 1.807) is 0 Å². The summed E-state index contributed by atoms with van der Waals surface area (Å²) in [6.07, 6.45) is 2.58. The van der Waals surface area contributed by atoms with Crippen LogP contribution in [0.25, 0.3) is 0 Å². The molecule has 0 saturated carbocycles. The Balaban J connectivity index is 0.000000151. The van der Waals surface area contributed by atoms with Gasteiger partial charge in [0.05, 0.1) is 18.3 Å². The zero-order chi connectivity index (χ0) is 18.4. The van der Waals surface area contributed by atoms with Crippen LogP contribution in [-0.4, -0.2) is 17.5 Å². The van der Waals surface area contributed by atoms with Crippen molar-refractivity contribution >= 4 is 23.2 Å². The Kier molecular flexibility index (Phi) is 5.43. The summed E-state index contributed by atoms with van der Waals surface area (Å²) >= 11 is 0. The van der Waals surface area contributed by atoms with Gasteiger partial charge in [0.2, 0.25) is 0 Å². The van der Waals surface area contributed by atoms with Crippen molar-refractivity contribution in [1.82, 2.24) is 0 Å². The third kappa shape index (κ3) is 4.36. The molecule has 0 radical (unpaired) electrons. The maximum Gasteiger partial charge on any atom is 0.293 e. The highest BCUT2D eigenvalue weighted by atomic mass is 16.2. The fraction of sp³-hybridized carbons (Fsp3) is 0.150. The van der Waals surface area contributed by atoms with Crippen molar-refractivity contribution in [3.63, 3.8) is 0 Å². The van der Waals surface area contributed by atoms with Gasteiger partial charge in [-0.05, 0) is 24.6 Å². The average molecular weight is 346 g/mol. The van der Waals surface area contributed by atoms with Crippen LogP contribution < -0.4 is 5.01 Å². The number of carbonyl (C=O) groups is 2. The molecule has 0 aromatic heterocycles. The van der Waals surface area contributed by atoms with Crippen LogP contribution in [0.5, 0.6) is 0 Å². The highest BCUT2D eigenvalue weighted by molar-refractivity contribution is 6.12. The summed E-state index contributed by atoms with van der Waals surface area (Å²) in [7, 11) is 0. The van der Waals surface area contributed by atoms with Gasteiger partial charge in [0.15, 0.2) is 0 Å². The molecule has 0 saturated heterocycles. The van der Waals surface area contributed by atoms with Gasteiger partial charge in [0.1, 0.15) is 0 Å². The molecular formula is C20H18N4O2. The number of hydrogen-bond acceptors (Lipinski definition) is 4. The van der Waals surface area contributed by atoms with E-state index in [4.69, 9.17) is 0 Å². The normalized spacial score (nSPS) is 15.5. The van der Waals surface area contributed by atoms with Crippen LogP contribution in [0.15, 0.2) is 87.8 Å². The lowest BCUT2D eigenvalue weighted by molar-refractivity contribution is -0.117. The SMILES string of the molecule is CC1=NN(c2ccccc2)C(=O)C1.O=C1N=NC=C1Cc1ccccc1. The van der Waals surface area contributed by atoms with E-state index < -0.39 is 0 Å². The van der Waals surface area contributed by atoms with Crippen LogP contribution in [0.3, 0.4) is 0 Å². The molecule has 2 amide bonds. The van der Waals surface area contributed by atoms with Crippen LogP contribution in [-0.2, 0) is 16.0 Å². The third-order valence-corrected chi connectivity index (χ3v) is 3.79. The fourth-order valence-corrected chi connectivity index (χ4v) is 2.53. The first-order valence-corrected chi connectivity index (χ1v) is 8.24. The quantitative estimate of drug-likeness (QED) is 0.845. The summed E-state index contributed by atoms with van der Waals surface area (Å²) < 4.78 is 0. The number of benzene rings is 2. The standard InChI is InChI=1S/C10H10N2O.C10H8N2O/c1-8-7-10(13)12(11-8)9-5-3-2-4-6-9;13-10-9(7-11-12-10)6-8-4-2-1-3-5-8/h2-6H,7H2,1H3;1-5,7H,6H2. The van der Waals surface area contributed by atoms with Crippen molar-refractivity contribution in [2.24, 2.45) is 15.3 Å². The molecule has 2 aliphatic rings. The van der Waals surface area contributed by atoms with Crippen LogP contribution in [0.2, 0.25) is 0 Å². The highest BCUT2D eigenvalue weighted by Crippen LogP contribution is 2.19. The van der Waals surface area contributed by atoms with E-state index >= 15 is 0 Å². The van der Waals surface area contributed by atoms with Gasteiger partial charge in [-0.1, -0.05) is 48.5 Å². The number of carbonyl (C=O) groups excluding carboxylic acids is 2. The zero-order valence-corrected chi connectivity index (χ0v) is 14.4. The smallest absolute Gasteiger partial charge is 0.272 e. The van der Waals surface area contributed by atoms with Crippen molar-refractivity contribution in [2.45, 2.75) is 19.8 Å². The van der Waals surface area contributed by atoms with Crippen molar-refractivity contribution in [1.29, 1.82) is 0 Å². The molecule has 130 valence electrons. The van der Waals surface area contributed by atoms with E-state index in [0.717, 1.165) is 17.0 Å². The highest BCUT2D eigenvalue weighted by Gasteiger charge is 2.21. The van der Waals surface area contributed by atoms with Gasteiger partial charge in [-0.3, -0.25) is 9.59 Å². The van der Waals surface area contributed by atoms with Crippen molar-refractivity contribution in [2.75, 3.05) is 5.01 Å². The number of hydrogen-bond donors (Lipinski definition) is 0. The van der Waals surface area contributed by atoms with Gasteiger partial charge < -0.3 is 0 Å². The Morgan fingerprint density at radius 3 is 2.15 bits per heavy atom. The molecular weight excluding hydrogens is 328 g/mol. The molecule has 0 unspecified atom stereocenters. The topological polar surface area (TPSA) is 74.5 Å². The largest absolute Gasteiger partial charge is 0.293 e. The Morgan fingerprint density at radius 1 is 0.962 bits per heavy atom. The first-order valence-electron chi connectivity index (χ1n) is 8.24. The molecule has 6 heteroatoms. The van der Waals surface area contributed by atoms with E-state index in [2.05, 4.69) is 15.3 Å². The maximum absolute atomic E-state index is 11.4. The summed E-state index contributed by atoms with van der Waals surface area (Å²) in [5, 5.41) is 12.6. The third-order valence-electron chi connectivity index (χ3n) is 3.79. The van der Waals surface area contributed by atoms with Crippen molar-refractivity contribution < 1.29 is 9.59 Å². The molecule has 6 nitrogen and oxygen atoms in total. The van der Waals surface area contributed by atoms with E-state index in [1.807, 2.05) is 67.6 Å². The number of hydrazone groups is 1. The molecule has 0 bridgehead atoms. The first-order chi connectivity index (χ1) is 12.6. The van der Waals surface area contributed by atoms with Crippen LogP contribution in [0, 0.1) is 0 Å². The monoisotopic (exact) mass is 346 g/mol. The number of amides is 2. The van der Waals surface area contributed by atoms with Gasteiger partial charge >= 0.3 is 0 Å². The Hall–Kier alpha value is -3.41. The number of para-hydroxylation sites is 1. The predicted octanol–water partition coefficient (Wildman–Crippen LogP) is 3.90. The van der Waals surface area contributed by atoms with Crippen LogP contribution >= 0.6 is 0 Å². The van der Waals surface area contributed by atoms with Crippen molar-refractivity contribution in [3.8, 4) is 0 Å². The van der Waals surface area contributed by atoms with E-state index in [9.17, 15) is 9.59 Å². The van der Waals surface area contributed by atoms with Gasteiger partial charge in [-0.15, -0.1) is 5.11 Å². The molecule has 2 aromatic rings. The van der Waals surface area contributed by atoms with Gasteiger partial charge in [0, 0.05) is 17.7 Å². The summed E-state index contributed by atoms with van der Waals surface area (Å²) in [5.41, 5.74) is 3.47. The molecule has 0 N–H and O–H groups in total. The van der Waals surface area contributed by atoms with E-state index in [-0.39, 0.29) is 11.8 Å². The number of rotatable bonds is 3. The lowest BCUT2D eigenvalue weighted by Gasteiger charge is -2.10. The van der Waals surface area contributed by atoms with E-state index in [0.29, 0.717) is 18.4 Å². The summed E-state index contributed by atoms with van der Waals surface area (Å²) in [6, 6.07) is 19.3. The Labute approximate surface area is 151 Å². The summed E-state index contributed by atoms with van der Waals surface area (Å²) in [4.78, 5) is 22.4. The van der Waals surface area contributed by atoms with Gasteiger partial charge in [-0.25, -0.2) is 5.01 Å². The summed E-state index contributed by atoms with van der Waals surface area (Å²) in [5.74, 6) is -0.174. The van der Waals surface area contributed by atoms with Gasteiger partial charge in [-0.2, -0.15) is 10.2 Å². The van der Waals surface area contributed by atoms with Gasteiger partial charge in [0.25, 0.3) is 11.8 Å². The second-order valence-corrected chi connectivity index (χ2v) is 5.89. The minimum Gasteiger partial charge on any atom is -0.272 e. The lowest BCUT2D eigenvalue weighted by Crippen LogP contribution is -2.19. The Bertz CT molecular complexity index is 887. The molecule has 0 aliphatic carbocycles. The summed E-state index contributed by atoms with van der Waals surface area (Å²) in [6.45, 7) is 1.86. The minimum absolute atomic E-state index is 0.0451. The first kappa shape index (κ1) is 17.4. The molecule has 2 aromatic carbocycles. The maximum atomic E-state index is 11.4. The Morgan fingerprint density at radius 2 is 1.62 bits per heavy atom. The van der Waals surface area contributed by atoms with Crippen molar-refractivity contribution in [3.05, 3.63) is 78.0 Å². The second kappa shape index (κ2) is 8.11. The molecule has 0 spiro atoms. The predicted molar refractivity (Wildman–Crippen MR) is 99.7 cm³/mol. The molecule has 26 heavy (non-hydrogen) atoms. The molecule has 0 atom stereocenters. The second-order valence-electron chi connectivity index (χ2n) is 5.89. The van der Waals surface area contributed by atoms with E-state index in [1.165, 1.54) is 11.2 Å². The molecule has 2 heterocycles. The molecule has 2 aliphatic heterocycles. The minimum atomic E-state index is -0.219. The number of azo groups is 1.